The fourth-order valence-corrected chi connectivity index (χ4v) is 3.89. The Morgan fingerprint density at radius 1 is 1.11 bits per heavy atom. The number of sulfonamides is 1. The van der Waals surface area contributed by atoms with Crippen molar-refractivity contribution in [3.63, 3.8) is 0 Å². The minimum atomic E-state index is -3.97. The van der Waals surface area contributed by atoms with Crippen molar-refractivity contribution in [1.82, 2.24) is 5.32 Å². The van der Waals surface area contributed by atoms with Crippen LogP contribution in [0.15, 0.2) is 47.4 Å². The van der Waals surface area contributed by atoms with Gasteiger partial charge in [-0.1, -0.05) is 25.4 Å². The molecule has 0 fully saturated rings. The Morgan fingerprint density at radius 3 is 2.32 bits per heavy atom. The molecule has 0 aromatic heterocycles. The first-order chi connectivity index (χ1) is 13.1. The topological polar surface area (TPSA) is 84.5 Å². The summed E-state index contributed by atoms with van der Waals surface area (Å²) in [5.74, 6) is 0.539. The molecule has 0 radical (unpaired) electrons. The Morgan fingerprint density at radius 2 is 1.75 bits per heavy atom. The van der Waals surface area contributed by atoms with Crippen molar-refractivity contribution < 1.29 is 17.9 Å². The van der Waals surface area contributed by atoms with Crippen LogP contribution in [0.5, 0.6) is 5.75 Å². The number of carbonyl (C=O) groups is 1. The largest absolute Gasteiger partial charge is 0.494 e. The summed E-state index contributed by atoms with van der Waals surface area (Å²) in [5, 5.41) is 2.88. The molecule has 0 aliphatic rings. The van der Waals surface area contributed by atoms with E-state index in [0.717, 1.165) is 0 Å². The number of rotatable bonds is 8. The molecule has 0 saturated carbocycles. The van der Waals surface area contributed by atoms with Crippen molar-refractivity contribution in [2.45, 2.75) is 38.6 Å². The molecule has 1 atom stereocenters. The minimum absolute atomic E-state index is 0.0342. The maximum Gasteiger partial charge on any atom is 0.263 e. The molecule has 28 heavy (non-hydrogen) atoms. The van der Waals surface area contributed by atoms with Crippen molar-refractivity contribution >= 4 is 33.2 Å². The van der Waals surface area contributed by atoms with Gasteiger partial charge >= 0.3 is 0 Å². The minimum Gasteiger partial charge on any atom is -0.494 e. The number of carbonyl (C=O) groups excluding carboxylic acids is 1. The van der Waals surface area contributed by atoms with Crippen LogP contribution in [-0.4, -0.2) is 27.0 Å². The molecule has 2 rings (SSSR count). The number of amides is 1. The predicted octanol–water partition coefficient (Wildman–Crippen LogP) is 4.31. The Labute approximate surface area is 171 Å². The monoisotopic (exact) mass is 424 g/mol. The van der Waals surface area contributed by atoms with Crippen molar-refractivity contribution in [3.8, 4) is 5.75 Å². The second-order valence-electron chi connectivity index (χ2n) is 6.71. The quantitative estimate of drug-likeness (QED) is 0.661. The van der Waals surface area contributed by atoms with E-state index in [1.54, 1.807) is 24.3 Å². The van der Waals surface area contributed by atoms with E-state index < -0.39 is 10.0 Å². The van der Waals surface area contributed by atoms with Crippen LogP contribution in [-0.2, 0) is 10.0 Å². The van der Waals surface area contributed by atoms with Crippen LogP contribution in [0.1, 0.15) is 38.1 Å². The van der Waals surface area contributed by atoms with E-state index in [0.29, 0.717) is 18.0 Å². The lowest BCUT2D eigenvalue weighted by atomic mass is 10.1. The fraction of sp³-hybridized carbons (Fsp3) is 0.350. The van der Waals surface area contributed by atoms with Gasteiger partial charge < -0.3 is 10.1 Å². The van der Waals surface area contributed by atoms with E-state index in [9.17, 15) is 13.2 Å². The zero-order valence-corrected chi connectivity index (χ0v) is 17.9. The van der Waals surface area contributed by atoms with E-state index in [1.165, 1.54) is 18.2 Å². The molecule has 0 spiro atoms. The van der Waals surface area contributed by atoms with E-state index >= 15 is 0 Å². The summed E-state index contributed by atoms with van der Waals surface area (Å²) >= 11 is 6.10. The molecule has 0 heterocycles. The molecular weight excluding hydrogens is 400 g/mol. The molecule has 2 N–H and O–H groups in total. The maximum atomic E-state index is 12.8. The highest BCUT2D eigenvalue weighted by atomic mass is 35.5. The van der Waals surface area contributed by atoms with E-state index in [-0.39, 0.29) is 33.3 Å². The first kappa shape index (κ1) is 22.0. The lowest BCUT2D eigenvalue weighted by molar-refractivity contribution is 0.0930. The van der Waals surface area contributed by atoms with Gasteiger partial charge in [-0.2, -0.15) is 0 Å². The molecule has 6 nitrogen and oxygen atoms in total. The van der Waals surface area contributed by atoms with Crippen LogP contribution in [0.3, 0.4) is 0 Å². The molecule has 8 heteroatoms. The maximum absolute atomic E-state index is 12.8. The van der Waals surface area contributed by atoms with Gasteiger partial charge in [-0.25, -0.2) is 8.42 Å². The van der Waals surface area contributed by atoms with Crippen molar-refractivity contribution in [2.24, 2.45) is 5.92 Å². The van der Waals surface area contributed by atoms with Crippen LogP contribution in [0.25, 0.3) is 0 Å². The Hall–Kier alpha value is -2.25. The molecule has 152 valence electrons. The first-order valence-electron chi connectivity index (χ1n) is 9.00. The zero-order chi connectivity index (χ0) is 20.9. The second kappa shape index (κ2) is 9.30. The van der Waals surface area contributed by atoms with Gasteiger partial charge in [0.2, 0.25) is 0 Å². The van der Waals surface area contributed by atoms with Crippen LogP contribution >= 0.6 is 11.6 Å². The standard InChI is InChI=1S/C20H25ClN2O4S/c1-5-27-17-9-7-16(8-10-17)23-28(25,26)19-12-15(6-11-18(19)21)20(24)22-14(4)13(2)3/h6-14,23H,5H2,1-4H3,(H,22,24)/t14-/m1/s1. The smallest absolute Gasteiger partial charge is 0.263 e. The fourth-order valence-electron chi connectivity index (χ4n) is 2.30. The molecule has 2 aromatic rings. The predicted molar refractivity (Wildman–Crippen MR) is 112 cm³/mol. The number of ether oxygens (including phenoxy) is 1. The molecule has 0 unspecified atom stereocenters. The zero-order valence-electron chi connectivity index (χ0n) is 16.3. The van der Waals surface area contributed by atoms with Gasteiger partial charge in [0.05, 0.1) is 11.6 Å². The summed E-state index contributed by atoms with van der Waals surface area (Å²) in [6.07, 6.45) is 0. The number of benzene rings is 2. The third-order valence-corrected chi connectivity index (χ3v) is 6.12. The number of anilines is 1. The van der Waals surface area contributed by atoms with Gasteiger partial charge in [0.15, 0.2) is 0 Å². The molecular formula is C20H25ClN2O4S. The summed E-state index contributed by atoms with van der Waals surface area (Å²) in [6.45, 7) is 8.26. The van der Waals surface area contributed by atoms with Crippen molar-refractivity contribution in [1.29, 1.82) is 0 Å². The number of hydrogen-bond donors (Lipinski definition) is 2. The van der Waals surface area contributed by atoms with Gasteiger partial charge in [-0.05, 0) is 62.2 Å². The highest BCUT2D eigenvalue weighted by Gasteiger charge is 2.21. The highest BCUT2D eigenvalue weighted by Crippen LogP contribution is 2.26. The van der Waals surface area contributed by atoms with E-state index in [1.807, 2.05) is 27.7 Å². The van der Waals surface area contributed by atoms with Gasteiger partial charge in [0.25, 0.3) is 15.9 Å². The second-order valence-corrected chi connectivity index (χ2v) is 8.77. The average molecular weight is 425 g/mol. The van der Waals surface area contributed by atoms with Gasteiger partial charge in [-0.3, -0.25) is 9.52 Å². The first-order valence-corrected chi connectivity index (χ1v) is 10.9. The molecule has 0 bridgehead atoms. The van der Waals surface area contributed by atoms with Crippen molar-refractivity contribution in [3.05, 3.63) is 53.1 Å². The summed E-state index contributed by atoms with van der Waals surface area (Å²) in [5.41, 5.74) is 0.590. The SMILES string of the molecule is CCOc1ccc(NS(=O)(=O)c2cc(C(=O)N[C@H](C)C(C)C)ccc2Cl)cc1. The average Bonchev–Trinajstić information content (AvgIpc) is 2.63. The van der Waals surface area contributed by atoms with Gasteiger partial charge in [0.1, 0.15) is 10.6 Å². The molecule has 0 saturated heterocycles. The number of halogens is 1. The summed E-state index contributed by atoms with van der Waals surface area (Å²) < 4.78 is 33.4. The molecule has 2 aromatic carbocycles. The Kier molecular flexibility index (Phi) is 7.32. The Bertz CT molecular complexity index is 928. The van der Waals surface area contributed by atoms with E-state index in [2.05, 4.69) is 10.0 Å². The van der Waals surface area contributed by atoms with Gasteiger partial charge in [-0.15, -0.1) is 0 Å². The third kappa shape index (κ3) is 5.62. The normalized spacial score (nSPS) is 12.5. The van der Waals surface area contributed by atoms with Crippen LogP contribution < -0.4 is 14.8 Å². The molecule has 1 amide bonds. The lowest BCUT2D eigenvalue weighted by Crippen LogP contribution is -2.36. The lowest BCUT2D eigenvalue weighted by Gasteiger charge is -2.18. The van der Waals surface area contributed by atoms with Gasteiger partial charge in [0, 0.05) is 17.3 Å². The number of nitrogens with one attached hydrogen (secondary N) is 2. The summed E-state index contributed by atoms with van der Waals surface area (Å²) in [7, 11) is -3.97. The summed E-state index contributed by atoms with van der Waals surface area (Å²) in [4.78, 5) is 12.3. The third-order valence-electron chi connectivity index (χ3n) is 4.26. The molecule has 0 aliphatic heterocycles. The number of hydrogen-bond acceptors (Lipinski definition) is 4. The summed E-state index contributed by atoms with van der Waals surface area (Å²) in [6, 6.07) is 10.7. The Balaban J connectivity index is 2.26. The van der Waals surface area contributed by atoms with E-state index in [4.69, 9.17) is 16.3 Å². The highest BCUT2D eigenvalue weighted by molar-refractivity contribution is 7.92. The molecule has 0 aliphatic carbocycles. The van der Waals surface area contributed by atoms with Crippen LogP contribution in [0, 0.1) is 5.92 Å². The van der Waals surface area contributed by atoms with Crippen LogP contribution in [0.2, 0.25) is 5.02 Å². The van der Waals surface area contributed by atoms with Crippen molar-refractivity contribution in [2.75, 3.05) is 11.3 Å². The van der Waals surface area contributed by atoms with Crippen LogP contribution in [0.4, 0.5) is 5.69 Å².